The van der Waals surface area contributed by atoms with Crippen LogP contribution in [0.25, 0.3) is 0 Å². The minimum Gasteiger partial charge on any atom is -0.480 e. The van der Waals surface area contributed by atoms with Gasteiger partial charge in [-0.2, -0.15) is 5.26 Å². The molecule has 0 aromatic heterocycles. The van der Waals surface area contributed by atoms with Crippen molar-refractivity contribution < 1.29 is 14.7 Å². The van der Waals surface area contributed by atoms with Gasteiger partial charge in [-0.1, -0.05) is 13.8 Å². The Morgan fingerprint density at radius 3 is 2.43 bits per heavy atom. The first kappa shape index (κ1) is 18.9. The molecule has 0 aromatic carbocycles. The van der Waals surface area contributed by atoms with Crippen LogP contribution >= 0.6 is 0 Å². The molecular weight excluding hydrogens is 272 g/mol. The predicted molar refractivity (Wildman–Crippen MR) is 79.3 cm³/mol. The van der Waals surface area contributed by atoms with E-state index in [1.165, 1.54) is 6.20 Å². The molecule has 7 nitrogen and oxygen atoms in total. The van der Waals surface area contributed by atoms with Crippen molar-refractivity contribution in [1.82, 2.24) is 15.5 Å². The summed E-state index contributed by atoms with van der Waals surface area (Å²) >= 11 is 0. The Morgan fingerprint density at radius 2 is 2.00 bits per heavy atom. The normalized spacial score (nSPS) is 12.9. The molecule has 1 amide bonds. The summed E-state index contributed by atoms with van der Waals surface area (Å²) in [6, 6.07) is 0.757. The molecule has 0 saturated heterocycles. The molecule has 0 aliphatic carbocycles. The van der Waals surface area contributed by atoms with Crippen LogP contribution in [-0.4, -0.2) is 55.1 Å². The number of nitrogens with one attached hydrogen (secondary N) is 2. The highest BCUT2D eigenvalue weighted by Crippen LogP contribution is 2.03. The number of carboxylic acid groups (broad SMARTS) is 1. The summed E-state index contributed by atoms with van der Waals surface area (Å²) in [4.78, 5) is 24.9. The molecule has 0 bridgehead atoms. The third-order valence-electron chi connectivity index (χ3n) is 2.76. The molecule has 0 rings (SSSR count). The zero-order valence-corrected chi connectivity index (χ0v) is 13.0. The summed E-state index contributed by atoms with van der Waals surface area (Å²) in [5.41, 5.74) is -0.133. The van der Waals surface area contributed by atoms with Gasteiger partial charge in [0.1, 0.15) is 17.7 Å². The lowest BCUT2D eigenvalue weighted by Gasteiger charge is -2.17. The van der Waals surface area contributed by atoms with Crippen LogP contribution in [0.15, 0.2) is 11.8 Å². The molecule has 1 atom stereocenters. The SMILES string of the molecule is CC(C)C(NC(=O)/C(C#N)=C\NCCCN(C)C)C(=O)O. The van der Waals surface area contributed by atoms with Crippen LogP contribution in [0.1, 0.15) is 20.3 Å². The van der Waals surface area contributed by atoms with Crippen LogP contribution in [0.4, 0.5) is 0 Å². The van der Waals surface area contributed by atoms with E-state index in [0.29, 0.717) is 6.54 Å². The Labute approximate surface area is 125 Å². The van der Waals surface area contributed by atoms with E-state index >= 15 is 0 Å². The smallest absolute Gasteiger partial charge is 0.326 e. The number of carbonyl (C=O) groups is 2. The second kappa shape index (κ2) is 9.77. The highest BCUT2D eigenvalue weighted by molar-refractivity contribution is 5.99. The molecule has 0 aliphatic heterocycles. The zero-order valence-electron chi connectivity index (χ0n) is 13.0. The predicted octanol–water partition coefficient (Wildman–Crippen LogP) is 0.161. The third-order valence-corrected chi connectivity index (χ3v) is 2.76. The standard InChI is InChI=1S/C14H24N4O3/c1-10(2)12(14(20)21)17-13(19)11(8-15)9-16-6-5-7-18(3)4/h9-10,12,16H,5-7H2,1-4H3,(H,17,19)(H,20,21)/b11-9-. The maximum atomic E-state index is 11.9. The summed E-state index contributed by atoms with van der Waals surface area (Å²) in [5.74, 6) is -2.06. The van der Waals surface area contributed by atoms with Crippen LogP contribution in [0, 0.1) is 17.2 Å². The van der Waals surface area contributed by atoms with Crippen molar-refractivity contribution in [3.8, 4) is 6.07 Å². The summed E-state index contributed by atoms with van der Waals surface area (Å²) in [7, 11) is 3.92. The number of hydrogen-bond acceptors (Lipinski definition) is 5. The summed E-state index contributed by atoms with van der Waals surface area (Å²) in [6.07, 6.45) is 2.19. The monoisotopic (exact) mass is 296 g/mol. The summed E-state index contributed by atoms with van der Waals surface area (Å²) in [6.45, 7) is 4.90. The van der Waals surface area contributed by atoms with Crippen LogP contribution in [0.5, 0.6) is 0 Å². The fourth-order valence-electron chi connectivity index (χ4n) is 1.55. The fourth-order valence-corrected chi connectivity index (χ4v) is 1.55. The van der Waals surface area contributed by atoms with E-state index in [2.05, 4.69) is 10.6 Å². The Balaban J connectivity index is 4.48. The number of aliphatic carboxylic acids is 1. The lowest BCUT2D eigenvalue weighted by atomic mass is 10.0. The van der Waals surface area contributed by atoms with Gasteiger partial charge in [0, 0.05) is 12.7 Å². The van der Waals surface area contributed by atoms with E-state index in [4.69, 9.17) is 10.4 Å². The Hall–Kier alpha value is -2.07. The molecule has 0 heterocycles. The van der Waals surface area contributed by atoms with Gasteiger partial charge in [-0.05, 0) is 33.0 Å². The number of amides is 1. The molecule has 0 aromatic rings. The first-order chi connectivity index (χ1) is 9.79. The van der Waals surface area contributed by atoms with Gasteiger partial charge in [-0.25, -0.2) is 4.79 Å². The first-order valence-corrected chi connectivity index (χ1v) is 6.81. The molecule has 21 heavy (non-hydrogen) atoms. The van der Waals surface area contributed by atoms with Crippen molar-refractivity contribution in [2.24, 2.45) is 5.92 Å². The minimum atomic E-state index is -1.12. The zero-order chi connectivity index (χ0) is 16.4. The quantitative estimate of drug-likeness (QED) is 0.318. The Kier molecular flexibility index (Phi) is 8.81. The molecule has 1 unspecified atom stereocenters. The van der Waals surface area contributed by atoms with Crippen molar-refractivity contribution >= 4 is 11.9 Å². The van der Waals surface area contributed by atoms with E-state index in [-0.39, 0.29) is 11.5 Å². The van der Waals surface area contributed by atoms with Gasteiger partial charge >= 0.3 is 5.97 Å². The molecule has 0 radical (unpaired) electrons. The third kappa shape index (κ3) is 7.95. The van der Waals surface area contributed by atoms with E-state index in [1.807, 2.05) is 19.0 Å². The number of carbonyl (C=O) groups excluding carboxylic acids is 1. The fraction of sp³-hybridized carbons (Fsp3) is 0.643. The number of rotatable bonds is 9. The lowest BCUT2D eigenvalue weighted by Crippen LogP contribution is -2.44. The molecule has 118 valence electrons. The van der Waals surface area contributed by atoms with Gasteiger partial charge in [0.2, 0.25) is 0 Å². The number of nitriles is 1. The molecular formula is C14H24N4O3. The van der Waals surface area contributed by atoms with Crippen molar-refractivity contribution in [2.45, 2.75) is 26.3 Å². The lowest BCUT2D eigenvalue weighted by molar-refractivity contribution is -0.142. The summed E-state index contributed by atoms with van der Waals surface area (Å²) in [5, 5.41) is 23.2. The van der Waals surface area contributed by atoms with Crippen molar-refractivity contribution in [2.75, 3.05) is 27.2 Å². The van der Waals surface area contributed by atoms with Crippen LogP contribution in [0.2, 0.25) is 0 Å². The largest absolute Gasteiger partial charge is 0.480 e. The Bertz CT molecular complexity index is 424. The van der Waals surface area contributed by atoms with Gasteiger partial charge in [0.25, 0.3) is 5.91 Å². The van der Waals surface area contributed by atoms with Gasteiger partial charge in [0.15, 0.2) is 0 Å². The average molecular weight is 296 g/mol. The van der Waals surface area contributed by atoms with Gasteiger partial charge < -0.3 is 20.6 Å². The maximum Gasteiger partial charge on any atom is 0.326 e. The highest BCUT2D eigenvalue weighted by Gasteiger charge is 2.24. The second-order valence-electron chi connectivity index (χ2n) is 5.31. The van der Waals surface area contributed by atoms with Gasteiger partial charge in [-0.15, -0.1) is 0 Å². The Morgan fingerprint density at radius 1 is 1.38 bits per heavy atom. The van der Waals surface area contributed by atoms with E-state index in [0.717, 1.165) is 13.0 Å². The number of hydrogen-bond donors (Lipinski definition) is 3. The average Bonchev–Trinajstić information content (AvgIpc) is 2.38. The number of carboxylic acids is 1. The highest BCUT2D eigenvalue weighted by atomic mass is 16.4. The summed E-state index contributed by atoms with van der Waals surface area (Å²) < 4.78 is 0. The molecule has 7 heteroatoms. The van der Waals surface area contributed by atoms with E-state index < -0.39 is 17.9 Å². The molecule has 0 fully saturated rings. The van der Waals surface area contributed by atoms with Gasteiger partial charge in [0.05, 0.1) is 0 Å². The second-order valence-corrected chi connectivity index (χ2v) is 5.31. The molecule has 0 spiro atoms. The van der Waals surface area contributed by atoms with Crippen molar-refractivity contribution in [1.29, 1.82) is 5.26 Å². The topological polar surface area (TPSA) is 105 Å². The van der Waals surface area contributed by atoms with Crippen molar-refractivity contribution in [3.63, 3.8) is 0 Å². The number of nitrogens with zero attached hydrogens (tertiary/aromatic N) is 2. The van der Waals surface area contributed by atoms with Crippen molar-refractivity contribution in [3.05, 3.63) is 11.8 Å². The van der Waals surface area contributed by atoms with Gasteiger partial charge in [-0.3, -0.25) is 4.79 Å². The molecule has 0 saturated carbocycles. The molecule has 0 aliphatic rings. The van der Waals surface area contributed by atoms with E-state index in [1.54, 1.807) is 19.9 Å². The van der Waals surface area contributed by atoms with E-state index in [9.17, 15) is 9.59 Å². The maximum absolute atomic E-state index is 11.9. The van der Waals surface area contributed by atoms with Crippen LogP contribution < -0.4 is 10.6 Å². The van der Waals surface area contributed by atoms with Crippen LogP contribution in [0.3, 0.4) is 0 Å². The molecule has 3 N–H and O–H groups in total. The first-order valence-electron chi connectivity index (χ1n) is 6.81. The van der Waals surface area contributed by atoms with Crippen LogP contribution in [-0.2, 0) is 9.59 Å². The minimum absolute atomic E-state index is 0.133.